The number of nitrogens with zero attached hydrogens (tertiary/aromatic N) is 1. The lowest BCUT2D eigenvalue weighted by Crippen LogP contribution is -2.52. The highest BCUT2D eigenvalue weighted by molar-refractivity contribution is 7.99. The van der Waals surface area contributed by atoms with Gasteiger partial charge in [-0.25, -0.2) is 0 Å². The van der Waals surface area contributed by atoms with Gasteiger partial charge in [0, 0.05) is 18.3 Å². The van der Waals surface area contributed by atoms with E-state index < -0.39 is 0 Å². The predicted molar refractivity (Wildman–Crippen MR) is 73.4 cm³/mol. The van der Waals surface area contributed by atoms with E-state index >= 15 is 0 Å². The van der Waals surface area contributed by atoms with Crippen molar-refractivity contribution in [1.82, 2.24) is 10.2 Å². The van der Waals surface area contributed by atoms with E-state index in [1.54, 1.807) is 0 Å². The van der Waals surface area contributed by atoms with Crippen LogP contribution in [0, 0.1) is 0 Å². The summed E-state index contributed by atoms with van der Waals surface area (Å²) in [6, 6.07) is 0.0855. The maximum absolute atomic E-state index is 12.2. The number of likely N-dealkylation sites (N-methyl/N-ethyl adjacent to an activating group) is 1. The third-order valence-corrected chi connectivity index (χ3v) is 5.06. The van der Waals surface area contributed by atoms with Gasteiger partial charge in [-0.2, -0.15) is 11.8 Å². The van der Waals surface area contributed by atoms with E-state index in [0.717, 1.165) is 32.5 Å². The first-order valence-corrected chi connectivity index (χ1v) is 8.00. The Morgan fingerprint density at radius 1 is 1.35 bits per heavy atom. The number of thioether (sulfide) groups is 1. The van der Waals surface area contributed by atoms with Crippen molar-refractivity contribution in [1.29, 1.82) is 0 Å². The molecule has 0 bridgehead atoms. The largest absolute Gasteiger partial charge is 0.340 e. The Morgan fingerprint density at radius 3 is 2.94 bits per heavy atom. The Bertz CT molecular complexity index is 252. The summed E-state index contributed by atoms with van der Waals surface area (Å²) in [5, 5.41) is 3.99. The summed E-state index contributed by atoms with van der Waals surface area (Å²) in [5.41, 5.74) is 0. The summed E-state index contributed by atoms with van der Waals surface area (Å²) in [6.07, 6.45) is 6.16. The smallest absolute Gasteiger partial charge is 0.239 e. The van der Waals surface area contributed by atoms with Crippen LogP contribution in [0.15, 0.2) is 0 Å². The Hall–Kier alpha value is -0.220. The molecule has 2 heterocycles. The molecule has 2 atom stereocenters. The maximum Gasteiger partial charge on any atom is 0.239 e. The molecule has 0 aromatic rings. The van der Waals surface area contributed by atoms with Crippen molar-refractivity contribution in [2.45, 2.75) is 50.3 Å². The van der Waals surface area contributed by atoms with Gasteiger partial charge in [0.2, 0.25) is 5.91 Å². The molecule has 98 valence electrons. The van der Waals surface area contributed by atoms with Crippen LogP contribution in [0.25, 0.3) is 0 Å². The van der Waals surface area contributed by atoms with Crippen molar-refractivity contribution in [2.24, 2.45) is 0 Å². The van der Waals surface area contributed by atoms with Crippen LogP contribution in [0.5, 0.6) is 0 Å². The van der Waals surface area contributed by atoms with Gasteiger partial charge in [-0.05, 0) is 38.0 Å². The molecule has 2 aliphatic heterocycles. The quantitative estimate of drug-likeness (QED) is 0.833. The van der Waals surface area contributed by atoms with Crippen molar-refractivity contribution in [3.63, 3.8) is 0 Å². The second-order valence-electron chi connectivity index (χ2n) is 5.03. The Labute approximate surface area is 109 Å². The number of carbonyl (C=O) groups excluding carboxylic acids is 1. The summed E-state index contributed by atoms with van der Waals surface area (Å²) in [7, 11) is 0. The monoisotopic (exact) mass is 256 g/mol. The summed E-state index contributed by atoms with van der Waals surface area (Å²) >= 11 is 2.06. The molecular formula is C13H24N2OS. The maximum atomic E-state index is 12.2. The van der Waals surface area contributed by atoms with Crippen molar-refractivity contribution >= 4 is 17.7 Å². The second kappa shape index (κ2) is 6.64. The topological polar surface area (TPSA) is 32.3 Å². The first-order valence-electron chi connectivity index (χ1n) is 6.95. The summed E-state index contributed by atoms with van der Waals surface area (Å²) in [6.45, 7) is 4.91. The number of carbonyl (C=O) groups is 1. The first-order chi connectivity index (χ1) is 8.31. The molecule has 0 aromatic carbocycles. The fourth-order valence-electron chi connectivity index (χ4n) is 2.75. The van der Waals surface area contributed by atoms with Gasteiger partial charge in [0.1, 0.15) is 0 Å². The average molecular weight is 256 g/mol. The zero-order valence-corrected chi connectivity index (χ0v) is 11.6. The van der Waals surface area contributed by atoms with Gasteiger partial charge in [-0.15, -0.1) is 0 Å². The highest BCUT2D eigenvalue weighted by atomic mass is 32.2. The van der Waals surface area contributed by atoms with E-state index in [2.05, 4.69) is 28.9 Å². The molecule has 0 aliphatic carbocycles. The summed E-state index contributed by atoms with van der Waals surface area (Å²) < 4.78 is 0. The minimum Gasteiger partial charge on any atom is -0.340 e. The first kappa shape index (κ1) is 13.2. The normalized spacial score (nSPS) is 30.6. The van der Waals surface area contributed by atoms with Crippen LogP contribution in [0.3, 0.4) is 0 Å². The number of piperidine rings is 1. The average Bonchev–Trinajstić information content (AvgIpc) is 2.36. The van der Waals surface area contributed by atoms with Crippen LogP contribution in [0.2, 0.25) is 0 Å². The van der Waals surface area contributed by atoms with Gasteiger partial charge in [0.25, 0.3) is 0 Å². The predicted octanol–water partition coefficient (Wildman–Crippen LogP) is 1.87. The standard InChI is InChI=1S/C13H24N2OS/c1-2-14-12-7-5-8-15(13(12)16)10-11-6-3-4-9-17-11/h11-12,14H,2-10H2,1H3. The minimum atomic E-state index is 0.0855. The molecular weight excluding hydrogens is 232 g/mol. The Balaban J connectivity index is 1.84. The number of rotatable bonds is 4. The third-order valence-electron chi connectivity index (χ3n) is 3.68. The zero-order valence-electron chi connectivity index (χ0n) is 10.8. The number of hydrogen-bond acceptors (Lipinski definition) is 3. The van der Waals surface area contributed by atoms with Crippen LogP contribution in [0.4, 0.5) is 0 Å². The van der Waals surface area contributed by atoms with Crippen molar-refractivity contribution < 1.29 is 4.79 Å². The van der Waals surface area contributed by atoms with Crippen LogP contribution in [0.1, 0.15) is 39.0 Å². The molecule has 1 amide bonds. The Morgan fingerprint density at radius 2 is 2.24 bits per heavy atom. The fourth-order valence-corrected chi connectivity index (χ4v) is 4.08. The van der Waals surface area contributed by atoms with Crippen LogP contribution in [-0.2, 0) is 4.79 Å². The van der Waals surface area contributed by atoms with Crippen molar-refractivity contribution in [2.75, 3.05) is 25.4 Å². The van der Waals surface area contributed by atoms with Gasteiger partial charge in [-0.1, -0.05) is 13.3 Å². The Kier molecular flexibility index (Phi) is 5.16. The molecule has 0 spiro atoms. The van der Waals surface area contributed by atoms with Gasteiger partial charge in [-0.3, -0.25) is 4.79 Å². The molecule has 2 rings (SSSR count). The molecule has 0 saturated carbocycles. The van der Waals surface area contributed by atoms with Gasteiger partial charge in [0.05, 0.1) is 6.04 Å². The zero-order chi connectivity index (χ0) is 12.1. The molecule has 2 saturated heterocycles. The molecule has 17 heavy (non-hydrogen) atoms. The summed E-state index contributed by atoms with van der Waals surface area (Å²) in [4.78, 5) is 14.3. The molecule has 0 radical (unpaired) electrons. The van der Waals surface area contributed by atoms with Gasteiger partial charge < -0.3 is 10.2 Å². The number of hydrogen-bond donors (Lipinski definition) is 1. The van der Waals surface area contributed by atoms with Crippen LogP contribution >= 0.6 is 11.8 Å². The SMILES string of the molecule is CCNC1CCCN(CC2CCCCS2)C1=O. The number of nitrogens with one attached hydrogen (secondary N) is 1. The molecule has 4 heteroatoms. The van der Waals surface area contributed by atoms with Gasteiger partial charge >= 0.3 is 0 Å². The number of amides is 1. The molecule has 2 fully saturated rings. The highest BCUT2D eigenvalue weighted by Crippen LogP contribution is 2.26. The lowest BCUT2D eigenvalue weighted by Gasteiger charge is -2.35. The van der Waals surface area contributed by atoms with Crippen LogP contribution < -0.4 is 5.32 Å². The lowest BCUT2D eigenvalue weighted by atomic mass is 10.0. The van der Waals surface area contributed by atoms with Crippen molar-refractivity contribution in [3.05, 3.63) is 0 Å². The molecule has 2 unspecified atom stereocenters. The fraction of sp³-hybridized carbons (Fsp3) is 0.923. The van der Waals surface area contributed by atoms with Gasteiger partial charge in [0.15, 0.2) is 0 Å². The molecule has 3 nitrogen and oxygen atoms in total. The van der Waals surface area contributed by atoms with E-state index in [1.165, 1.54) is 25.0 Å². The minimum absolute atomic E-state index is 0.0855. The molecule has 0 aromatic heterocycles. The molecule has 1 N–H and O–H groups in total. The van der Waals surface area contributed by atoms with E-state index in [0.29, 0.717) is 11.2 Å². The number of likely N-dealkylation sites (tertiary alicyclic amines) is 1. The van der Waals surface area contributed by atoms with Crippen LogP contribution in [-0.4, -0.2) is 47.5 Å². The summed E-state index contributed by atoms with van der Waals surface area (Å²) in [5.74, 6) is 1.62. The van der Waals surface area contributed by atoms with Crippen molar-refractivity contribution in [3.8, 4) is 0 Å². The van der Waals surface area contributed by atoms with E-state index in [1.807, 2.05) is 0 Å². The third kappa shape index (κ3) is 3.62. The highest BCUT2D eigenvalue weighted by Gasteiger charge is 2.29. The molecule has 2 aliphatic rings. The second-order valence-corrected chi connectivity index (χ2v) is 6.43. The van der Waals surface area contributed by atoms with E-state index in [4.69, 9.17) is 0 Å². The van der Waals surface area contributed by atoms with E-state index in [-0.39, 0.29) is 6.04 Å². The lowest BCUT2D eigenvalue weighted by molar-refractivity contribution is -0.135. The van der Waals surface area contributed by atoms with E-state index in [9.17, 15) is 4.79 Å².